The number of nitriles is 1. The van der Waals surface area contributed by atoms with Crippen LogP contribution in [0.5, 0.6) is 5.88 Å². The van der Waals surface area contributed by atoms with Crippen LogP contribution in [0.1, 0.15) is 25.7 Å². The van der Waals surface area contributed by atoms with Gasteiger partial charge in [0.05, 0.1) is 17.0 Å². The van der Waals surface area contributed by atoms with Gasteiger partial charge in [-0.3, -0.25) is 4.98 Å². The van der Waals surface area contributed by atoms with E-state index in [9.17, 15) is 0 Å². The first kappa shape index (κ1) is 13.1. The summed E-state index contributed by atoms with van der Waals surface area (Å²) in [5, 5.41) is 10.2. The van der Waals surface area contributed by atoms with E-state index in [0.717, 1.165) is 36.6 Å². The minimum atomic E-state index is 0.106. The molecule has 0 radical (unpaired) electrons. The molecule has 1 fully saturated rings. The van der Waals surface area contributed by atoms with Crippen molar-refractivity contribution in [2.75, 3.05) is 0 Å². The van der Waals surface area contributed by atoms with Crippen LogP contribution in [0.4, 0.5) is 0 Å². The highest BCUT2D eigenvalue weighted by Gasteiger charge is 2.23. The van der Waals surface area contributed by atoms with Crippen molar-refractivity contribution < 1.29 is 4.74 Å². The van der Waals surface area contributed by atoms with Crippen molar-refractivity contribution in [1.29, 1.82) is 5.26 Å². The summed E-state index contributed by atoms with van der Waals surface area (Å²) in [6, 6.07) is 7.85. The molecule has 5 heteroatoms. The van der Waals surface area contributed by atoms with Gasteiger partial charge in [0.15, 0.2) is 0 Å². The predicted octanol–water partition coefficient (Wildman–Crippen LogP) is 3.74. The maximum Gasteiger partial charge on any atom is 0.224 e. The standard InChI is InChI=1S/C15H14ClN3O/c16-14-8-13-12(2-1-7-18-13)15(19-14)20-11-5-3-10(9-17)4-6-11/h1-2,7-8,10-11H,3-6H2. The average Bonchev–Trinajstić information content (AvgIpc) is 2.48. The highest BCUT2D eigenvalue weighted by Crippen LogP contribution is 2.30. The quantitative estimate of drug-likeness (QED) is 0.789. The first-order valence-electron chi connectivity index (χ1n) is 6.74. The highest BCUT2D eigenvalue weighted by molar-refractivity contribution is 6.30. The maximum absolute atomic E-state index is 8.92. The smallest absolute Gasteiger partial charge is 0.224 e. The lowest BCUT2D eigenvalue weighted by Gasteiger charge is -2.25. The van der Waals surface area contributed by atoms with Crippen LogP contribution in [0, 0.1) is 17.2 Å². The van der Waals surface area contributed by atoms with Crippen LogP contribution in [0.2, 0.25) is 5.15 Å². The lowest BCUT2D eigenvalue weighted by Crippen LogP contribution is -2.24. The SMILES string of the molecule is N#CC1CCC(Oc2nc(Cl)cc3ncccc23)CC1. The largest absolute Gasteiger partial charge is 0.474 e. The van der Waals surface area contributed by atoms with Crippen molar-refractivity contribution in [3.8, 4) is 11.9 Å². The van der Waals surface area contributed by atoms with Gasteiger partial charge in [0.25, 0.3) is 0 Å². The summed E-state index contributed by atoms with van der Waals surface area (Å²) >= 11 is 6.01. The number of rotatable bonds is 2. The summed E-state index contributed by atoms with van der Waals surface area (Å²) in [6.07, 6.45) is 5.37. The predicted molar refractivity (Wildman–Crippen MR) is 76.5 cm³/mol. The number of nitrogens with zero attached hydrogens (tertiary/aromatic N) is 3. The van der Waals surface area contributed by atoms with Gasteiger partial charge >= 0.3 is 0 Å². The van der Waals surface area contributed by atoms with Crippen LogP contribution in [0.15, 0.2) is 24.4 Å². The van der Waals surface area contributed by atoms with Crippen molar-refractivity contribution in [2.24, 2.45) is 5.92 Å². The van der Waals surface area contributed by atoms with Crippen LogP contribution >= 0.6 is 11.6 Å². The molecule has 1 aliphatic rings. The molecular formula is C15H14ClN3O. The molecular weight excluding hydrogens is 274 g/mol. The molecule has 102 valence electrons. The Balaban J connectivity index is 1.83. The molecule has 0 aliphatic heterocycles. The topological polar surface area (TPSA) is 58.8 Å². The number of ether oxygens (including phenoxy) is 1. The number of pyridine rings is 2. The molecule has 2 aromatic rings. The first-order chi connectivity index (χ1) is 9.76. The molecule has 20 heavy (non-hydrogen) atoms. The Morgan fingerprint density at radius 2 is 2.10 bits per heavy atom. The summed E-state index contributed by atoms with van der Waals surface area (Å²) in [5.74, 6) is 0.710. The molecule has 3 rings (SSSR count). The fourth-order valence-corrected chi connectivity index (χ4v) is 2.75. The maximum atomic E-state index is 8.92. The molecule has 4 nitrogen and oxygen atoms in total. The van der Waals surface area contributed by atoms with Gasteiger partial charge < -0.3 is 4.74 Å². The van der Waals surface area contributed by atoms with E-state index >= 15 is 0 Å². The van der Waals surface area contributed by atoms with Crippen molar-refractivity contribution in [2.45, 2.75) is 31.8 Å². The third-order valence-corrected chi connectivity index (χ3v) is 3.86. The van der Waals surface area contributed by atoms with E-state index in [4.69, 9.17) is 21.6 Å². The van der Waals surface area contributed by atoms with Gasteiger partial charge in [-0.2, -0.15) is 5.26 Å². The molecule has 0 spiro atoms. The number of hydrogen-bond acceptors (Lipinski definition) is 4. The summed E-state index contributed by atoms with van der Waals surface area (Å²) in [5.41, 5.74) is 0.785. The molecule has 0 saturated heterocycles. The van der Waals surface area contributed by atoms with Gasteiger partial charge in [-0.25, -0.2) is 4.98 Å². The van der Waals surface area contributed by atoms with E-state index in [1.54, 1.807) is 12.3 Å². The second-order valence-electron chi connectivity index (χ2n) is 5.04. The van der Waals surface area contributed by atoms with Gasteiger partial charge in [0.2, 0.25) is 5.88 Å². The molecule has 0 unspecified atom stereocenters. The summed E-state index contributed by atoms with van der Waals surface area (Å²) < 4.78 is 6.00. The summed E-state index contributed by atoms with van der Waals surface area (Å²) in [4.78, 5) is 8.55. The van der Waals surface area contributed by atoms with E-state index in [1.165, 1.54) is 0 Å². The van der Waals surface area contributed by atoms with Crippen LogP contribution in [0.25, 0.3) is 10.9 Å². The zero-order valence-electron chi connectivity index (χ0n) is 10.9. The van der Waals surface area contributed by atoms with Gasteiger partial charge in [-0.1, -0.05) is 11.6 Å². The fraction of sp³-hybridized carbons (Fsp3) is 0.400. The Morgan fingerprint density at radius 1 is 1.30 bits per heavy atom. The highest BCUT2D eigenvalue weighted by atomic mass is 35.5. The van der Waals surface area contributed by atoms with Crippen molar-refractivity contribution in [3.63, 3.8) is 0 Å². The summed E-state index contributed by atoms with van der Waals surface area (Å²) in [7, 11) is 0. The molecule has 2 aromatic heterocycles. The van der Waals surface area contributed by atoms with Crippen molar-refractivity contribution in [3.05, 3.63) is 29.5 Å². The zero-order chi connectivity index (χ0) is 13.9. The first-order valence-corrected chi connectivity index (χ1v) is 7.11. The van der Waals surface area contributed by atoms with Crippen LogP contribution in [-0.2, 0) is 0 Å². The van der Waals surface area contributed by atoms with Crippen LogP contribution in [-0.4, -0.2) is 16.1 Å². The number of hydrogen-bond donors (Lipinski definition) is 0. The minimum absolute atomic E-state index is 0.106. The second-order valence-corrected chi connectivity index (χ2v) is 5.43. The van der Waals surface area contributed by atoms with E-state index < -0.39 is 0 Å². The Morgan fingerprint density at radius 3 is 2.85 bits per heavy atom. The lowest BCUT2D eigenvalue weighted by molar-refractivity contribution is 0.139. The molecule has 2 heterocycles. The van der Waals surface area contributed by atoms with Gasteiger partial charge in [0, 0.05) is 18.2 Å². The van der Waals surface area contributed by atoms with E-state index in [1.807, 2.05) is 12.1 Å². The zero-order valence-corrected chi connectivity index (χ0v) is 11.7. The fourth-order valence-electron chi connectivity index (χ4n) is 2.57. The molecule has 1 aliphatic carbocycles. The molecule has 0 aromatic carbocycles. The van der Waals surface area contributed by atoms with Crippen molar-refractivity contribution >= 4 is 22.5 Å². The Bertz CT molecular complexity index is 660. The lowest BCUT2D eigenvalue weighted by atomic mass is 9.88. The van der Waals surface area contributed by atoms with Gasteiger partial charge in [0.1, 0.15) is 11.3 Å². The van der Waals surface area contributed by atoms with Crippen LogP contribution in [0.3, 0.4) is 0 Å². The van der Waals surface area contributed by atoms with Crippen molar-refractivity contribution in [1.82, 2.24) is 9.97 Å². The number of halogens is 1. The summed E-state index contributed by atoms with van der Waals surface area (Å²) in [6.45, 7) is 0. The molecule has 0 amide bonds. The van der Waals surface area contributed by atoms with Crippen LogP contribution < -0.4 is 4.74 Å². The third-order valence-electron chi connectivity index (χ3n) is 3.67. The number of aromatic nitrogens is 2. The molecule has 1 saturated carbocycles. The second kappa shape index (κ2) is 5.64. The molecule has 0 N–H and O–H groups in total. The average molecular weight is 288 g/mol. The van der Waals surface area contributed by atoms with Gasteiger partial charge in [-0.15, -0.1) is 0 Å². The van der Waals surface area contributed by atoms with Gasteiger partial charge in [-0.05, 0) is 37.8 Å². The molecule has 0 bridgehead atoms. The Kier molecular flexibility index (Phi) is 3.70. The number of fused-ring (bicyclic) bond motifs is 1. The third kappa shape index (κ3) is 2.68. The van der Waals surface area contributed by atoms with E-state index in [0.29, 0.717) is 11.0 Å². The molecule has 0 atom stereocenters. The normalized spacial score (nSPS) is 22.4. The van der Waals surface area contributed by atoms with E-state index in [2.05, 4.69) is 16.0 Å². The minimum Gasteiger partial charge on any atom is -0.474 e. The monoisotopic (exact) mass is 287 g/mol. The Labute approximate surface area is 122 Å². The van der Waals surface area contributed by atoms with E-state index in [-0.39, 0.29) is 12.0 Å². The Hall–Kier alpha value is -1.86.